The lowest BCUT2D eigenvalue weighted by molar-refractivity contribution is -0.154. The summed E-state index contributed by atoms with van der Waals surface area (Å²) >= 11 is 3.46. The predicted molar refractivity (Wildman–Crippen MR) is 116 cm³/mol. The van der Waals surface area contributed by atoms with Crippen molar-refractivity contribution in [1.29, 1.82) is 0 Å². The van der Waals surface area contributed by atoms with Gasteiger partial charge in [-0.2, -0.15) is 0 Å². The zero-order chi connectivity index (χ0) is 22.8. The van der Waals surface area contributed by atoms with E-state index in [4.69, 9.17) is 9.47 Å². The maximum absolute atomic E-state index is 13.8. The van der Waals surface area contributed by atoms with Gasteiger partial charge >= 0.3 is 12.0 Å². The zero-order valence-corrected chi connectivity index (χ0v) is 19.0. The molecule has 2 fully saturated rings. The second-order valence-corrected chi connectivity index (χ2v) is 9.16. The number of urea groups is 1. The molecule has 3 unspecified atom stereocenters. The van der Waals surface area contributed by atoms with Crippen molar-refractivity contribution in [2.75, 3.05) is 18.1 Å². The molecule has 9 heteroatoms. The SMILES string of the molecule is CCOC(=O)C1C2COc3ccc(Br)cc3C2N2C(=O)N(c3ccc(F)cc3)C(=O)[C@]12C. The first-order valence-electron chi connectivity index (χ1n) is 10.3. The molecular formula is C23H20BrFN2O5. The number of ether oxygens (including phenoxy) is 2. The minimum absolute atomic E-state index is 0.148. The number of anilines is 1. The van der Waals surface area contributed by atoms with Crippen molar-refractivity contribution in [1.82, 2.24) is 4.90 Å². The highest BCUT2D eigenvalue weighted by molar-refractivity contribution is 9.10. The number of hydrogen-bond donors (Lipinski definition) is 0. The number of hydrogen-bond acceptors (Lipinski definition) is 5. The number of nitrogens with zero attached hydrogens (tertiary/aromatic N) is 2. The van der Waals surface area contributed by atoms with E-state index in [0.29, 0.717) is 5.75 Å². The topological polar surface area (TPSA) is 76.2 Å². The summed E-state index contributed by atoms with van der Waals surface area (Å²) in [5.41, 5.74) is -0.506. The van der Waals surface area contributed by atoms with E-state index in [1.807, 2.05) is 12.1 Å². The van der Waals surface area contributed by atoms with E-state index in [9.17, 15) is 18.8 Å². The molecule has 32 heavy (non-hydrogen) atoms. The van der Waals surface area contributed by atoms with Crippen LogP contribution in [0.3, 0.4) is 0 Å². The third kappa shape index (κ3) is 2.73. The summed E-state index contributed by atoms with van der Waals surface area (Å²) in [6, 6.07) is 9.49. The lowest BCUT2D eigenvalue weighted by Gasteiger charge is -2.34. The maximum atomic E-state index is 13.8. The van der Waals surface area contributed by atoms with E-state index in [1.54, 1.807) is 19.9 Å². The first-order valence-corrected chi connectivity index (χ1v) is 11.1. The summed E-state index contributed by atoms with van der Waals surface area (Å²) in [7, 11) is 0. The number of rotatable bonds is 3. The van der Waals surface area contributed by atoms with E-state index in [2.05, 4.69) is 15.9 Å². The van der Waals surface area contributed by atoms with E-state index in [0.717, 1.165) is 14.9 Å². The van der Waals surface area contributed by atoms with Crippen LogP contribution in [0, 0.1) is 17.7 Å². The largest absolute Gasteiger partial charge is 0.493 e. The van der Waals surface area contributed by atoms with Crippen molar-refractivity contribution >= 4 is 39.5 Å². The van der Waals surface area contributed by atoms with Gasteiger partial charge in [-0.1, -0.05) is 15.9 Å². The Balaban J connectivity index is 1.69. The third-order valence-corrected chi connectivity index (χ3v) is 7.09. The Hall–Kier alpha value is -2.94. The normalized spacial score (nSPS) is 28.2. The number of imide groups is 1. The van der Waals surface area contributed by atoms with Crippen LogP contribution in [0.2, 0.25) is 0 Å². The molecule has 3 amide bonds. The van der Waals surface area contributed by atoms with Gasteiger partial charge in [0, 0.05) is 16.0 Å². The highest BCUT2D eigenvalue weighted by Crippen LogP contribution is 2.58. The smallest absolute Gasteiger partial charge is 0.332 e. The van der Waals surface area contributed by atoms with Gasteiger partial charge in [0.2, 0.25) is 0 Å². The fourth-order valence-electron chi connectivity index (χ4n) is 5.28. The Bertz CT molecular complexity index is 1140. The fourth-order valence-corrected chi connectivity index (χ4v) is 5.66. The summed E-state index contributed by atoms with van der Waals surface area (Å²) in [6.45, 7) is 3.62. The molecule has 0 spiro atoms. The average molecular weight is 503 g/mol. The molecule has 0 aromatic heterocycles. The minimum atomic E-state index is -1.47. The molecule has 3 aliphatic rings. The molecule has 0 saturated carbocycles. The third-order valence-electron chi connectivity index (χ3n) is 6.60. The Morgan fingerprint density at radius 2 is 1.97 bits per heavy atom. The molecule has 2 aromatic carbocycles. The quantitative estimate of drug-likeness (QED) is 0.467. The highest BCUT2D eigenvalue weighted by Gasteiger charge is 2.72. The van der Waals surface area contributed by atoms with Crippen molar-refractivity contribution < 1.29 is 28.2 Å². The first-order chi connectivity index (χ1) is 15.3. The highest BCUT2D eigenvalue weighted by atomic mass is 79.9. The minimum Gasteiger partial charge on any atom is -0.493 e. The summed E-state index contributed by atoms with van der Waals surface area (Å²) in [6.07, 6.45) is 0. The van der Waals surface area contributed by atoms with Crippen LogP contribution >= 0.6 is 15.9 Å². The van der Waals surface area contributed by atoms with Crippen LogP contribution in [-0.2, 0) is 14.3 Å². The van der Waals surface area contributed by atoms with Gasteiger partial charge in [-0.3, -0.25) is 9.59 Å². The molecule has 7 nitrogen and oxygen atoms in total. The van der Waals surface area contributed by atoms with Gasteiger partial charge in [-0.15, -0.1) is 0 Å². The molecule has 2 saturated heterocycles. The van der Waals surface area contributed by atoms with E-state index in [1.165, 1.54) is 29.2 Å². The van der Waals surface area contributed by atoms with Crippen molar-refractivity contribution in [2.45, 2.75) is 25.4 Å². The average Bonchev–Trinajstić information content (AvgIpc) is 3.14. The Morgan fingerprint density at radius 3 is 2.66 bits per heavy atom. The molecule has 166 valence electrons. The lowest BCUT2D eigenvalue weighted by Crippen LogP contribution is -2.51. The number of carbonyl (C=O) groups excluding carboxylic acids is 3. The molecular weight excluding hydrogens is 483 g/mol. The molecule has 0 aliphatic carbocycles. The van der Waals surface area contributed by atoms with Crippen LogP contribution in [-0.4, -0.2) is 41.6 Å². The first kappa shape index (κ1) is 20.9. The molecule has 4 atom stereocenters. The van der Waals surface area contributed by atoms with Gasteiger partial charge in [0.25, 0.3) is 5.91 Å². The lowest BCUT2D eigenvalue weighted by atomic mass is 9.77. The number of halogens is 2. The number of esters is 1. The Kier molecular flexibility index (Phi) is 4.77. The summed E-state index contributed by atoms with van der Waals surface area (Å²) in [4.78, 5) is 43.1. The van der Waals surface area contributed by atoms with Gasteiger partial charge in [0.05, 0.1) is 30.9 Å². The van der Waals surface area contributed by atoms with E-state index >= 15 is 0 Å². The van der Waals surface area contributed by atoms with Crippen LogP contribution in [0.4, 0.5) is 14.9 Å². The van der Waals surface area contributed by atoms with Crippen LogP contribution in [0.25, 0.3) is 0 Å². The number of benzene rings is 2. The monoisotopic (exact) mass is 502 g/mol. The van der Waals surface area contributed by atoms with Gasteiger partial charge in [0.1, 0.15) is 17.1 Å². The van der Waals surface area contributed by atoms with Crippen LogP contribution in [0.5, 0.6) is 5.75 Å². The molecule has 5 rings (SSSR count). The van der Waals surface area contributed by atoms with Gasteiger partial charge in [0.15, 0.2) is 0 Å². The van der Waals surface area contributed by atoms with Crippen LogP contribution in [0.1, 0.15) is 25.5 Å². The molecule has 3 aliphatic heterocycles. The Labute approximate surface area is 192 Å². The predicted octanol–water partition coefficient (Wildman–Crippen LogP) is 4.06. The summed E-state index contributed by atoms with van der Waals surface area (Å²) in [5, 5.41) is 0. The van der Waals surface area contributed by atoms with Crippen molar-refractivity contribution in [3.05, 3.63) is 58.3 Å². The summed E-state index contributed by atoms with van der Waals surface area (Å²) < 4.78 is 25.5. The molecule has 0 N–H and O–H groups in total. The molecule has 3 heterocycles. The summed E-state index contributed by atoms with van der Waals surface area (Å²) in [5.74, 6) is -2.34. The Morgan fingerprint density at radius 1 is 1.25 bits per heavy atom. The van der Waals surface area contributed by atoms with Crippen LogP contribution in [0.15, 0.2) is 46.9 Å². The molecule has 2 aromatic rings. The second kappa shape index (κ2) is 7.30. The van der Waals surface area contributed by atoms with Crippen molar-refractivity contribution in [2.24, 2.45) is 11.8 Å². The van der Waals surface area contributed by atoms with Crippen LogP contribution < -0.4 is 9.64 Å². The number of amides is 3. The van der Waals surface area contributed by atoms with Crippen molar-refractivity contribution in [3.63, 3.8) is 0 Å². The maximum Gasteiger partial charge on any atom is 0.332 e. The molecule has 0 bridgehead atoms. The zero-order valence-electron chi connectivity index (χ0n) is 17.4. The number of carbonyl (C=O) groups is 3. The molecule has 0 radical (unpaired) electrons. The fraction of sp³-hybridized carbons (Fsp3) is 0.348. The van der Waals surface area contributed by atoms with Gasteiger partial charge in [-0.25, -0.2) is 14.1 Å². The van der Waals surface area contributed by atoms with Gasteiger partial charge in [-0.05, 0) is 56.3 Å². The number of fused-ring (bicyclic) bond motifs is 5. The van der Waals surface area contributed by atoms with Crippen molar-refractivity contribution in [3.8, 4) is 5.75 Å². The standard InChI is InChI=1S/C23H20BrFN2O5/c1-3-31-20(28)18-16-11-32-17-9-4-12(24)10-15(17)19(16)27-22(30)26(21(29)23(18,27)2)14-7-5-13(25)6-8-14/h4-10,16,18-19H,3,11H2,1-2H3/t16?,18?,19?,23-/m0/s1. The second-order valence-electron chi connectivity index (χ2n) is 8.25. The van der Waals surface area contributed by atoms with E-state index in [-0.39, 0.29) is 18.9 Å². The van der Waals surface area contributed by atoms with Gasteiger partial charge < -0.3 is 14.4 Å². The van der Waals surface area contributed by atoms with E-state index < -0.39 is 47.1 Å².